The molecule has 1 aromatic carbocycles. The third kappa shape index (κ3) is 3.29. The van der Waals surface area contributed by atoms with Gasteiger partial charge >= 0.3 is 6.01 Å². The first-order valence-electron chi connectivity index (χ1n) is 5.95. The van der Waals surface area contributed by atoms with Crippen molar-refractivity contribution in [2.45, 2.75) is 13.0 Å². The topological polar surface area (TPSA) is 51.1 Å². The molecular weight excluding hydrogens is 299 g/mol. The average Bonchev–Trinajstić information content (AvgIpc) is 2.45. The molecular formula is C13H14Cl2N4O. The lowest BCUT2D eigenvalue weighted by molar-refractivity contribution is 0.377. The van der Waals surface area contributed by atoms with Crippen molar-refractivity contribution < 1.29 is 4.74 Å². The molecule has 5 nitrogen and oxygen atoms in total. The highest BCUT2D eigenvalue weighted by atomic mass is 35.5. The van der Waals surface area contributed by atoms with Crippen molar-refractivity contribution in [2.24, 2.45) is 0 Å². The van der Waals surface area contributed by atoms with Gasteiger partial charge in [-0.3, -0.25) is 0 Å². The van der Waals surface area contributed by atoms with Crippen LogP contribution < -0.4 is 9.64 Å². The summed E-state index contributed by atoms with van der Waals surface area (Å²) < 4.78 is 5.00. The highest BCUT2D eigenvalue weighted by Gasteiger charge is 2.16. The van der Waals surface area contributed by atoms with E-state index in [0.29, 0.717) is 11.0 Å². The number of methoxy groups -OCH3 is 1. The summed E-state index contributed by atoms with van der Waals surface area (Å²) in [7, 11) is 3.36. The van der Waals surface area contributed by atoms with Gasteiger partial charge in [0.2, 0.25) is 11.2 Å². The number of nitrogens with zero attached hydrogens (tertiary/aromatic N) is 4. The number of anilines is 1. The van der Waals surface area contributed by atoms with E-state index in [0.717, 1.165) is 5.56 Å². The van der Waals surface area contributed by atoms with Gasteiger partial charge in [-0.15, -0.1) is 0 Å². The van der Waals surface area contributed by atoms with Crippen LogP contribution in [0, 0.1) is 0 Å². The van der Waals surface area contributed by atoms with Crippen molar-refractivity contribution in [3.8, 4) is 6.01 Å². The summed E-state index contributed by atoms with van der Waals surface area (Å²) in [5.74, 6) is 0.448. The monoisotopic (exact) mass is 312 g/mol. The van der Waals surface area contributed by atoms with Crippen LogP contribution in [0.15, 0.2) is 24.3 Å². The first-order chi connectivity index (χ1) is 9.51. The van der Waals surface area contributed by atoms with E-state index in [1.165, 1.54) is 7.11 Å². The highest BCUT2D eigenvalue weighted by Crippen LogP contribution is 2.25. The molecule has 0 radical (unpaired) electrons. The summed E-state index contributed by atoms with van der Waals surface area (Å²) >= 11 is 11.8. The van der Waals surface area contributed by atoms with Gasteiger partial charge in [0.25, 0.3) is 0 Å². The van der Waals surface area contributed by atoms with Crippen LogP contribution in [0.4, 0.5) is 5.95 Å². The lowest BCUT2D eigenvalue weighted by Crippen LogP contribution is -2.24. The second-order valence-electron chi connectivity index (χ2n) is 4.23. The fourth-order valence-corrected chi connectivity index (χ4v) is 1.98. The minimum atomic E-state index is 0.0513. The van der Waals surface area contributed by atoms with Crippen molar-refractivity contribution in [1.82, 2.24) is 15.0 Å². The molecule has 0 aliphatic rings. The van der Waals surface area contributed by atoms with Crippen LogP contribution in [0.25, 0.3) is 0 Å². The Hall–Kier alpha value is -1.59. The lowest BCUT2D eigenvalue weighted by Gasteiger charge is -2.25. The van der Waals surface area contributed by atoms with Gasteiger partial charge in [0.15, 0.2) is 0 Å². The molecule has 20 heavy (non-hydrogen) atoms. The summed E-state index contributed by atoms with van der Waals surface area (Å²) in [6.45, 7) is 2.04. The Morgan fingerprint density at radius 1 is 1.10 bits per heavy atom. The fourth-order valence-electron chi connectivity index (χ4n) is 1.71. The molecule has 2 aromatic rings. The summed E-state index contributed by atoms with van der Waals surface area (Å²) in [6, 6.07) is 7.86. The van der Waals surface area contributed by atoms with E-state index in [9.17, 15) is 0 Å². The minimum absolute atomic E-state index is 0.0513. The van der Waals surface area contributed by atoms with Crippen LogP contribution in [-0.4, -0.2) is 29.1 Å². The zero-order valence-electron chi connectivity index (χ0n) is 11.3. The third-order valence-corrected chi connectivity index (χ3v) is 3.43. The summed E-state index contributed by atoms with van der Waals surface area (Å²) in [6.07, 6.45) is 0. The number of aromatic nitrogens is 3. The van der Waals surface area contributed by atoms with Gasteiger partial charge in [-0.25, -0.2) is 0 Å². The van der Waals surface area contributed by atoms with Crippen LogP contribution >= 0.6 is 23.2 Å². The third-order valence-electron chi connectivity index (χ3n) is 3.01. The van der Waals surface area contributed by atoms with Crippen LogP contribution in [0.5, 0.6) is 6.01 Å². The Kier molecular flexibility index (Phi) is 4.62. The van der Waals surface area contributed by atoms with Crippen molar-refractivity contribution in [2.75, 3.05) is 19.1 Å². The van der Waals surface area contributed by atoms with E-state index in [1.54, 1.807) is 0 Å². The first kappa shape index (κ1) is 14.8. The Morgan fingerprint density at radius 2 is 1.75 bits per heavy atom. The molecule has 1 atom stereocenters. The van der Waals surface area contributed by atoms with Crippen LogP contribution in [-0.2, 0) is 0 Å². The molecule has 2 rings (SSSR count). The van der Waals surface area contributed by atoms with Gasteiger partial charge in [0.1, 0.15) is 0 Å². The number of ether oxygens (including phenoxy) is 1. The van der Waals surface area contributed by atoms with Gasteiger partial charge in [0, 0.05) is 12.1 Å². The Labute approximate surface area is 127 Å². The van der Waals surface area contributed by atoms with E-state index in [1.807, 2.05) is 43.1 Å². The summed E-state index contributed by atoms with van der Waals surface area (Å²) in [5, 5.41) is 0.801. The zero-order valence-corrected chi connectivity index (χ0v) is 12.9. The molecule has 1 unspecified atom stereocenters. The highest BCUT2D eigenvalue weighted by molar-refractivity contribution is 6.30. The van der Waals surface area contributed by atoms with Gasteiger partial charge < -0.3 is 9.64 Å². The zero-order chi connectivity index (χ0) is 14.7. The smallest absolute Gasteiger partial charge is 0.322 e. The van der Waals surface area contributed by atoms with E-state index in [-0.39, 0.29) is 17.3 Å². The molecule has 7 heteroatoms. The largest absolute Gasteiger partial charge is 0.467 e. The van der Waals surface area contributed by atoms with Gasteiger partial charge in [0.05, 0.1) is 13.2 Å². The average molecular weight is 313 g/mol. The van der Waals surface area contributed by atoms with Crippen LogP contribution in [0.3, 0.4) is 0 Å². The fraction of sp³-hybridized carbons (Fsp3) is 0.308. The molecule has 0 saturated heterocycles. The molecule has 0 bridgehead atoms. The van der Waals surface area contributed by atoms with E-state index in [4.69, 9.17) is 27.9 Å². The maximum Gasteiger partial charge on any atom is 0.322 e. The molecule has 0 fully saturated rings. The summed E-state index contributed by atoms with van der Waals surface area (Å²) in [4.78, 5) is 14.0. The van der Waals surface area contributed by atoms with Crippen molar-refractivity contribution in [3.63, 3.8) is 0 Å². The molecule has 1 heterocycles. The molecule has 1 aromatic heterocycles. The minimum Gasteiger partial charge on any atom is -0.467 e. The first-order valence-corrected chi connectivity index (χ1v) is 6.70. The van der Waals surface area contributed by atoms with Crippen molar-refractivity contribution >= 4 is 29.2 Å². The molecule has 0 aliphatic heterocycles. The maximum atomic E-state index is 5.89. The SMILES string of the molecule is COc1nc(Cl)nc(N(C)C(C)c2ccc(Cl)cc2)n1. The predicted molar refractivity (Wildman–Crippen MR) is 79.7 cm³/mol. The number of hydrogen-bond acceptors (Lipinski definition) is 5. The van der Waals surface area contributed by atoms with Gasteiger partial charge in [-0.2, -0.15) is 15.0 Å². The van der Waals surface area contributed by atoms with E-state index < -0.39 is 0 Å². The quantitative estimate of drug-likeness (QED) is 0.866. The summed E-state index contributed by atoms with van der Waals surface area (Å²) in [5.41, 5.74) is 1.09. The van der Waals surface area contributed by atoms with Gasteiger partial charge in [-0.05, 0) is 36.2 Å². The molecule has 0 N–H and O–H groups in total. The Bertz CT molecular complexity index is 591. The lowest BCUT2D eigenvalue weighted by atomic mass is 10.1. The predicted octanol–water partition coefficient (Wildman–Crippen LogP) is 3.38. The van der Waals surface area contributed by atoms with Crippen LogP contribution in [0.1, 0.15) is 18.5 Å². The molecule has 0 saturated carbocycles. The molecule has 0 spiro atoms. The Morgan fingerprint density at radius 3 is 2.35 bits per heavy atom. The van der Waals surface area contributed by atoms with E-state index in [2.05, 4.69) is 15.0 Å². The second kappa shape index (κ2) is 6.24. The van der Waals surface area contributed by atoms with Crippen molar-refractivity contribution in [1.29, 1.82) is 0 Å². The van der Waals surface area contributed by atoms with Crippen molar-refractivity contribution in [3.05, 3.63) is 40.1 Å². The van der Waals surface area contributed by atoms with Crippen LogP contribution in [0.2, 0.25) is 10.3 Å². The molecule has 0 aliphatic carbocycles. The van der Waals surface area contributed by atoms with E-state index >= 15 is 0 Å². The number of benzene rings is 1. The number of hydrogen-bond donors (Lipinski definition) is 0. The number of halogens is 2. The molecule has 0 amide bonds. The maximum absolute atomic E-state index is 5.89. The van der Waals surface area contributed by atoms with Gasteiger partial charge in [-0.1, -0.05) is 23.7 Å². The standard InChI is InChI=1S/C13H14Cl2N4O/c1-8(9-4-6-10(14)7-5-9)19(2)12-16-11(15)17-13(18-12)20-3/h4-8H,1-3H3. The second-order valence-corrected chi connectivity index (χ2v) is 5.00. The Balaban J connectivity index is 2.28. The number of rotatable bonds is 4. The molecule has 106 valence electrons. The normalized spacial score (nSPS) is 12.1.